The first-order valence-electron chi connectivity index (χ1n) is 4.74. The fraction of sp³-hybridized carbons (Fsp3) is 0.778. The van der Waals surface area contributed by atoms with E-state index in [9.17, 15) is 9.59 Å². The van der Waals surface area contributed by atoms with Gasteiger partial charge in [-0.1, -0.05) is 0 Å². The molecule has 0 unspecified atom stereocenters. The zero-order chi connectivity index (χ0) is 10.7. The van der Waals surface area contributed by atoms with Gasteiger partial charge in [-0.15, -0.1) is 0 Å². The van der Waals surface area contributed by atoms with Crippen molar-refractivity contribution in [2.24, 2.45) is 0 Å². The lowest BCUT2D eigenvalue weighted by atomic mass is 10.2. The molecular formula is C9H16N2O3. The predicted octanol–water partition coefficient (Wildman–Crippen LogP) is -0.376. The van der Waals surface area contributed by atoms with Crippen molar-refractivity contribution in [1.82, 2.24) is 9.80 Å². The number of carboxylic acids is 1. The van der Waals surface area contributed by atoms with Gasteiger partial charge in [0, 0.05) is 19.1 Å². The van der Waals surface area contributed by atoms with Crippen LogP contribution in [0.25, 0.3) is 0 Å². The zero-order valence-electron chi connectivity index (χ0n) is 8.56. The van der Waals surface area contributed by atoms with E-state index in [4.69, 9.17) is 5.11 Å². The molecule has 0 bridgehead atoms. The molecule has 0 radical (unpaired) electrons. The molecular weight excluding hydrogens is 184 g/mol. The Hall–Kier alpha value is -1.10. The van der Waals surface area contributed by atoms with E-state index in [1.807, 2.05) is 18.7 Å². The Bertz CT molecular complexity index is 240. The van der Waals surface area contributed by atoms with E-state index in [-0.39, 0.29) is 12.5 Å². The molecule has 0 spiro atoms. The van der Waals surface area contributed by atoms with Crippen LogP contribution in [-0.2, 0) is 9.59 Å². The number of amides is 1. The first-order valence-corrected chi connectivity index (χ1v) is 4.74. The number of carboxylic acid groups (broad SMARTS) is 1. The van der Waals surface area contributed by atoms with Gasteiger partial charge in [-0.25, -0.2) is 0 Å². The van der Waals surface area contributed by atoms with Crippen molar-refractivity contribution in [2.45, 2.75) is 19.9 Å². The molecule has 5 heteroatoms. The molecule has 0 aromatic carbocycles. The SMILES string of the molecule is CC(C)N1CCN(CC(=O)O)C(=O)C1. The van der Waals surface area contributed by atoms with Gasteiger partial charge in [-0.3, -0.25) is 14.5 Å². The molecule has 5 nitrogen and oxygen atoms in total. The van der Waals surface area contributed by atoms with Crippen molar-refractivity contribution in [3.8, 4) is 0 Å². The van der Waals surface area contributed by atoms with Crippen molar-refractivity contribution in [3.63, 3.8) is 0 Å². The molecule has 1 rings (SSSR count). The Balaban J connectivity index is 2.48. The lowest BCUT2D eigenvalue weighted by Gasteiger charge is -2.35. The highest BCUT2D eigenvalue weighted by Crippen LogP contribution is 2.06. The summed E-state index contributed by atoms with van der Waals surface area (Å²) in [4.78, 5) is 25.3. The second-order valence-corrected chi connectivity index (χ2v) is 3.77. The van der Waals surface area contributed by atoms with Gasteiger partial charge in [0.15, 0.2) is 0 Å². The van der Waals surface area contributed by atoms with E-state index in [0.29, 0.717) is 19.1 Å². The van der Waals surface area contributed by atoms with Crippen molar-refractivity contribution >= 4 is 11.9 Å². The molecule has 1 amide bonds. The summed E-state index contributed by atoms with van der Waals surface area (Å²) in [7, 11) is 0. The molecule has 0 aromatic rings. The minimum Gasteiger partial charge on any atom is -0.480 e. The van der Waals surface area contributed by atoms with E-state index in [0.717, 1.165) is 6.54 Å². The van der Waals surface area contributed by atoms with E-state index < -0.39 is 5.97 Å². The first kappa shape index (κ1) is 11.0. The Morgan fingerprint density at radius 3 is 2.57 bits per heavy atom. The van der Waals surface area contributed by atoms with E-state index in [2.05, 4.69) is 0 Å². The number of hydrogen-bond acceptors (Lipinski definition) is 3. The van der Waals surface area contributed by atoms with Gasteiger partial charge in [0.1, 0.15) is 6.54 Å². The van der Waals surface area contributed by atoms with E-state index in [1.165, 1.54) is 4.90 Å². The summed E-state index contributed by atoms with van der Waals surface area (Å²) in [5.41, 5.74) is 0. The summed E-state index contributed by atoms with van der Waals surface area (Å²) in [6, 6.07) is 0.339. The topological polar surface area (TPSA) is 60.9 Å². The van der Waals surface area contributed by atoms with Crippen molar-refractivity contribution in [2.75, 3.05) is 26.2 Å². The molecule has 0 atom stereocenters. The summed E-state index contributed by atoms with van der Waals surface area (Å²) in [6.45, 7) is 5.50. The molecule has 1 fully saturated rings. The van der Waals surface area contributed by atoms with Gasteiger partial charge in [-0.2, -0.15) is 0 Å². The minimum atomic E-state index is -0.948. The lowest BCUT2D eigenvalue weighted by molar-refractivity contribution is -0.147. The highest BCUT2D eigenvalue weighted by molar-refractivity contribution is 5.83. The highest BCUT2D eigenvalue weighted by Gasteiger charge is 2.26. The maximum absolute atomic E-state index is 11.5. The van der Waals surface area contributed by atoms with Gasteiger partial charge >= 0.3 is 5.97 Å². The average Bonchev–Trinajstić information content (AvgIpc) is 2.07. The van der Waals surface area contributed by atoms with Crippen molar-refractivity contribution in [1.29, 1.82) is 0 Å². The molecule has 0 aromatic heterocycles. The molecule has 0 saturated carbocycles. The standard InChI is InChI=1S/C9H16N2O3/c1-7(2)10-3-4-11(6-9(13)14)8(12)5-10/h7H,3-6H2,1-2H3,(H,13,14). The van der Waals surface area contributed by atoms with E-state index >= 15 is 0 Å². The molecule has 0 aliphatic carbocycles. The molecule has 80 valence electrons. The van der Waals surface area contributed by atoms with Gasteiger partial charge in [0.05, 0.1) is 6.54 Å². The molecule has 1 aliphatic heterocycles. The predicted molar refractivity (Wildman–Crippen MR) is 50.9 cm³/mol. The third-order valence-electron chi connectivity index (χ3n) is 2.40. The van der Waals surface area contributed by atoms with Crippen LogP contribution in [0, 0.1) is 0 Å². The lowest BCUT2D eigenvalue weighted by Crippen LogP contribution is -2.53. The minimum absolute atomic E-state index is 0.0904. The average molecular weight is 200 g/mol. The number of carbonyl (C=O) groups excluding carboxylic acids is 1. The Morgan fingerprint density at radius 2 is 2.14 bits per heavy atom. The molecule has 14 heavy (non-hydrogen) atoms. The second-order valence-electron chi connectivity index (χ2n) is 3.77. The second kappa shape index (κ2) is 4.41. The summed E-state index contributed by atoms with van der Waals surface area (Å²) in [5.74, 6) is -1.04. The summed E-state index contributed by atoms with van der Waals surface area (Å²) >= 11 is 0. The van der Waals surface area contributed by atoms with Crippen LogP contribution in [0.5, 0.6) is 0 Å². The Kier molecular flexibility index (Phi) is 3.46. The largest absolute Gasteiger partial charge is 0.480 e. The van der Waals surface area contributed by atoms with Crippen LogP contribution in [0.15, 0.2) is 0 Å². The molecule has 1 N–H and O–H groups in total. The van der Waals surface area contributed by atoms with Crippen LogP contribution in [0.2, 0.25) is 0 Å². The summed E-state index contributed by atoms with van der Waals surface area (Å²) in [6.07, 6.45) is 0. The fourth-order valence-corrected chi connectivity index (χ4v) is 1.50. The Labute approximate surface area is 83.3 Å². The molecule has 1 heterocycles. The van der Waals surface area contributed by atoms with Crippen LogP contribution in [0.3, 0.4) is 0 Å². The van der Waals surface area contributed by atoms with Crippen LogP contribution in [0.1, 0.15) is 13.8 Å². The molecule has 1 saturated heterocycles. The number of aliphatic carboxylic acids is 1. The van der Waals surface area contributed by atoms with Crippen molar-refractivity contribution < 1.29 is 14.7 Å². The Morgan fingerprint density at radius 1 is 1.50 bits per heavy atom. The van der Waals surface area contributed by atoms with Crippen molar-refractivity contribution in [3.05, 3.63) is 0 Å². The van der Waals surface area contributed by atoms with Crippen LogP contribution < -0.4 is 0 Å². The fourth-order valence-electron chi connectivity index (χ4n) is 1.50. The third kappa shape index (κ3) is 2.70. The first-order chi connectivity index (χ1) is 6.50. The van der Waals surface area contributed by atoms with Gasteiger partial charge < -0.3 is 10.0 Å². The van der Waals surface area contributed by atoms with E-state index in [1.54, 1.807) is 0 Å². The number of piperazine rings is 1. The van der Waals surface area contributed by atoms with Crippen LogP contribution in [0.4, 0.5) is 0 Å². The molecule has 1 aliphatic rings. The highest BCUT2D eigenvalue weighted by atomic mass is 16.4. The van der Waals surface area contributed by atoms with Gasteiger partial charge in [0.25, 0.3) is 0 Å². The number of rotatable bonds is 3. The maximum atomic E-state index is 11.5. The van der Waals surface area contributed by atoms with Crippen LogP contribution in [-0.4, -0.2) is 59.0 Å². The quantitative estimate of drug-likeness (QED) is 0.675. The zero-order valence-corrected chi connectivity index (χ0v) is 8.56. The van der Waals surface area contributed by atoms with Gasteiger partial charge in [-0.05, 0) is 13.8 Å². The third-order valence-corrected chi connectivity index (χ3v) is 2.40. The van der Waals surface area contributed by atoms with Gasteiger partial charge in [0.2, 0.25) is 5.91 Å². The number of nitrogens with zero attached hydrogens (tertiary/aromatic N) is 2. The smallest absolute Gasteiger partial charge is 0.323 e. The summed E-state index contributed by atoms with van der Waals surface area (Å²) in [5, 5.41) is 8.55. The monoisotopic (exact) mass is 200 g/mol. The van der Waals surface area contributed by atoms with Crippen LogP contribution >= 0.6 is 0 Å². The number of carbonyl (C=O) groups is 2. The number of hydrogen-bond donors (Lipinski definition) is 1. The normalized spacial score (nSPS) is 19.1. The summed E-state index contributed by atoms with van der Waals surface area (Å²) < 4.78 is 0. The maximum Gasteiger partial charge on any atom is 0.323 e.